The monoisotopic (exact) mass is 288 g/mol. The molecule has 0 atom stereocenters. The quantitative estimate of drug-likeness (QED) is 0.745. The number of alkyl halides is 3. The molecule has 0 bridgehead atoms. The van der Waals surface area contributed by atoms with E-state index in [1.807, 2.05) is 0 Å². The Morgan fingerprint density at radius 1 is 1.25 bits per heavy atom. The molecule has 0 aliphatic heterocycles. The summed E-state index contributed by atoms with van der Waals surface area (Å²) in [6, 6.07) is 3.72. The van der Waals surface area contributed by atoms with Gasteiger partial charge in [0.2, 0.25) is 0 Å². The summed E-state index contributed by atoms with van der Waals surface area (Å²) in [4.78, 5) is 0. The van der Waals surface area contributed by atoms with E-state index in [0.29, 0.717) is 6.54 Å². The number of aliphatic hydroxyl groups excluding tert-OH is 1. The van der Waals surface area contributed by atoms with Crippen LogP contribution in [-0.4, -0.2) is 18.3 Å². The number of benzene rings is 1. The van der Waals surface area contributed by atoms with Gasteiger partial charge in [-0.2, -0.15) is 13.2 Å². The smallest absolute Gasteiger partial charge is 0.399 e. The highest BCUT2D eigenvalue weighted by Gasteiger charge is 2.36. The molecule has 0 aromatic heterocycles. The molecule has 0 saturated heterocycles. The van der Waals surface area contributed by atoms with Gasteiger partial charge in [0.15, 0.2) is 0 Å². The molecule has 2 rings (SSSR count). The second-order valence-corrected chi connectivity index (χ2v) is 5.52. The Kier molecular flexibility index (Phi) is 4.13. The Morgan fingerprint density at radius 2 is 1.90 bits per heavy atom. The topological polar surface area (TPSA) is 58.3 Å². The molecule has 0 unspecified atom stereocenters. The molecule has 4 N–H and O–H groups in total. The second kappa shape index (κ2) is 5.52. The number of rotatable bonds is 4. The first-order chi connectivity index (χ1) is 9.36. The van der Waals surface area contributed by atoms with Gasteiger partial charge in [0.1, 0.15) is 0 Å². The van der Waals surface area contributed by atoms with Crippen LogP contribution in [0.25, 0.3) is 0 Å². The predicted molar refractivity (Wildman–Crippen MR) is 72.3 cm³/mol. The van der Waals surface area contributed by atoms with Gasteiger partial charge in [-0.05, 0) is 31.0 Å². The van der Waals surface area contributed by atoms with Crippen LogP contribution in [0.4, 0.5) is 24.5 Å². The minimum atomic E-state index is -4.44. The largest absolute Gasteiger partial charge is 0.418 e. The SMILES string of the molecule is Nc1ccc(NCC2(CO)CCCC2)c(C(F)(F)F)c1. The summed E-state index contributed by atoms with van der Waals surface area (Å²) in [7, 11) is 0. The summed E-state index contributed by atoms with van der Waals surface area (Å²) in [6.07, 6.45) is -0.744. The van der Waals surface area contributed by atoms with Gasteiger partial charge < -0.3 is 16.2 Å². The van der Waals surface area contributed by atoms with Crippen LogP contribution in [-0.2, 0) is 6.18 Å². The maximum Gasteiger partial charge on any atom is 0.418 e. The molecule has 1 aliphatic carbocycles. The van der Waals surface area contributed by atoms with E-state index in [2.05, 4.69) is 5.32 Å². The van der Waals surface area contributed by atoms with Crippen LogP contribution in [0.3, 0.4) is 0 Å². The van der Waals surface area contributed by atoms with Crippen molar-refractivity contribution in [2.24, 2.45) is 5.41 Å². The average molecular weight is 288 g/mol. The average Bonchev–Trinajstić information content (AvgIpc) is 2.86. The van der Waals surface area contributed by atoms with Gasteiger partial charge in [0.25, 0.3) is 0 Å². The molecule has 1 fully saturated rings. The summed E-state index contributed by atoms with van der Waals surface area (Å²) in [5, 5.41) is 12.3. The summed E-state index contributed by atoms with van der Waals surface area (Å²) < 4.78 is 38.9. The zero-order chi connectivity index (χ0) is 14.8. The van der Waals surface area contributed by atoms with Crippen LogP contribution >= 0.6 is 0 Å². The van der Waals surface area contributed by atoms with Gasteiger partial charge in [0, 0.05) is 23.3 Å². The van der Waals surface area contributed by atoms with Crippen LogP contribution in [0.1, 0.15) is 31.2 Å². The van der Waals surface area contributed by atoms with Crippen molar-refractivity contribution < 1.29 is 18.3 Å². The molecular formula is C14H19F3N2O. The molecule has 20 heavy (non-hydrogen) atoms. The first kappa shape index (κ1) is 15.0. The van der Waals surface area contributed by atoms with E-state index in [4.69, 9.17) is 5.73 Å². The van der Waals surface area contributed by atoms with E-state index >= 15 is 0 Å². The lowest BCUT2D eigenvalue weighted by atomic mass is 9.87. The predicted octanol–water partition coefficient (Wildman–Crippen LogP) is 3.25. The first-order valence-corrected chi connectivity index (χ1v) is 6.68. The molecule has 1 saturated carbocycles. The minimum Gasteiger partial charge on any atom is -0.399 e. The molecule has 1 aromatic rings. The number of hydrogen-bond donors (Lipinski definition) is 3. The number of halogens is 3. The number of aliphatic hydroxyl groups is 1. The van der Waals surface area contributed by atoms with Gasteiger partial charge >= 0.3 is 6.18 Å². The maximum atomic E-state index is 13.0. The van der Waals surface area contributed by atoms with Crippen LogP contribution in [0, 0.1) is 5.41 Å². The Morgan fingerprint density at radius 3 is 2.45 bits per heavy atom. The van der Waals surface area contributed by atoms with E-state index in [0.717, 1.165) is 31.7 Å². The molecule has 112 valence electrons. The molecular weight excluding hydrogens is 269 g/mol. The van der Waals surface area contributed by atoms with Crippen LogP contribution < -0.4 is 11.1 Å². The fourth-order valence-corrected chi connectivity index (χ4v) is 2.75. The number of nitrogen functional groups attached to an aromatic ring is 1. The number of nitrogens with one attached hydrogen (secondary N) is 1. The first-order valence-electron chi connectivity index (χ1n) is 6.68. The molecule has 1 aromatic carbocycles. The van der Waals surface area contributed by atoms with Crippen molar-refractivity contribution >= 4 is 11.4 Å². The lowest BCUT2D eigenvalue weighted by Crippen LogP contribution is -2.31. The number of nitrogens with two attached hydrogens (primary N) is 1. The Labute approximate surface area is 116 Å². The normalized spacial score (nSPS) is 18.2. The summed E-state index contributed by atoms with van der Waals surface area (Å²) in [6.45, 7) is 0.340. The molecule has 0 heterocycles. The summed E-state index contributed by atoms with van der Waals surface area (Å²) >= 11 is 0. The van der Waals surface area contributed by atoms with Gasteiger partial charge in [0.05, 0.1) is 12.2 Å². The van der Waals surface area contributed by atoms with Crippen molar-refractivity contribution in [1.82, 2.24) is 0 Å². The van der Waals surface area contributed by atoms with Gasteiger partial charge in [-0.1, -0.05) is 12.8 Å². The zero-order valence-electron chi connectivity index (χ0n) is 11.1. The van der Waals surface area contributed by atoms with Crippen molar-refractivity contribution in [3.63, 3.8) is 0 Å². The minimum absolute atomic E-state index is 0.00365. The van der Waals surface area contributed by atoms with Crippen LogP contribution in [0.2, 0.25) is 0 Å². The highest BCUT2D eigenvalue weighted by Crippen LogP contribution is 2.40. The van der Waals surface area contributed by atoms with E-state index in [9.17, 15) is 18.3 Å². The van der Waals surface area contributed by atoms with Crippen LogP contribution in [0.15, 0.2) is 18.2 Å². The Balaban J connectivity index is 2.17. The van der Waals surface area contributed by atoms with Crippen molar-refractivity contribution in [3.8, 4) is 0 Å². The number of hydrogen-bond acceptors (Lipinski definition) is 3. The molecule has 1 aliphatic rings. The van der Waals surface area contributed by atoms with Crippen LogP contribution in [0.5, 0.6) is 0 Å². The second-order valence-electron chi connectivity index (χ2n) is 5.52. The fraction of sp³-hybridized carbons (Fsp3) is 0.571. The van der Waals surface area contributed by atoms with E-state index in [1.54, 1.807) is 0 Å². The molecule has 6 heteroatoms. The Bertz CT molecular complexity index is 468. The van der Waals surface area contributed by atoms with Crippen molar-refractivity contribution in [2.75, 3.05) is 24.2 Å². The van der Waals surface area contributed by atoms with E-state index in [1.165, 1.54) is 12.1 Å². The molecule has 0 spiro atoms. The van der Waals surface area contributed by atoms with Crippen molar-refractivity contribution in [1.29, 1.82) is 0 Å². The number of anilines is 2. The molecule has 0 amide bonds. The molecule has 0 radical (unpaired) electrons. The highest BCUT2D eigenvalue weighted by molar-refractivity contribution is 5.59. The third-order valence-electron chi connectivity index (χ3n) is 4.00. The van der Waals surface area contributed by atoms with Gasteiger partial charge in [-0.3, -0.25) is 0 Å². The van der Waals surface area contributed by atoms with Gasteiger partial charge in [-0.25, -0.2) is 0 Å². The van der Waals surface area contributed by atoms with Gasteiger partial charge in [-0.15, -0.1) is 0 Å². The third kappa shape index (κ3) is 3.17. The van der Waals surface area contributed by atoms with Crippen molar-refractivity contribution in [3.05, 3.63) is 23.8 Å². The fourth-order valence-electron chi connectivity index (χ4n) is 2.75. The summed E-state index contributed by atoms with van der Waals surface area (Å²) in [5.74, 6) is 0. The zero-order valence-corrected chi connectivity index (χ0v) is 11.1. The lowest BCUT2D eigenvalue weighted by Gasteiger charge is -2.28. The van der Waals surface area contributed by atoms with E-state index in [-0.39, 0.29) is 23.4 Å². The molecule has 3 nitrogen and oxygen atoms in total. The third-order valence-corrected chi connectivity index (χ3v) is 4.00. The standard InChI is InChI=1S/C14H19F3N2O/c15-14(16,17)11-7-10(18)3-4-12(11)19-8-13(9-20)5-1-2-6-13/h3-4,7,19-20H,1-2,5-6,8-9,18H2. The maximum absolute atomic E-state index is 13.0. The lowest BCUT2D eigenvalue weighted by molar-refractivity contribution is -0.136. The van der Waals surface area contributed by atoms with Crippen molar-refractivity contribution in [2.45, 2.75) is 31.9 Å². The van der Waals surface area contributed by atoms with E-state index < -0.39 is 11.7 Å². The highest BCUT2D eigenvalue weighted by atomic mass is 19.4. The Hall–Kier alpha value is -1.43. The summed E-state index contributed by atoms with van der Waals surface area (Å²) in [5.41, 5.74) is 4.47.